The second kappa shape index (κ2) is 6.55. The van der Waals surface area contributed by atoms with Crippen LogP contribution in [0.25, 0.3) is 0 Å². The Bertz CT molecular complexity index is 755. The minimum absolute atomic E-state index is 0.0506. The monoisotopic (exact) mass is 325 g/mol. The molecule has 1 atom stereocenters. The van der Waals surface area contributed by atoms with E-state index in [0.717, 1.165) is 24.1 Å². The van der Waals surface area contributed by atoms with Gasteiger partial charge in [-0.1, -0.05) is 0 Å². The molecule has 2 aromatic rings. The van der Waals surface area contributed by atoms with E-state index in [4.69, 9.17) is 0 Å². The summed E-state index contributed by atoms with van der Waals surface area (Å²) in [4.78, 5) is 27.6. The van der Waals surface area contributed by atoms with Crippen LogP contribution in [0.15, 0.2) is 24.5 Å². The summed E-state index contributed by atoms with van der Waals surface area (Å²) in [7, 11) is 3.75. The van der Waals surface area contributed by atoms with Crippen molar-refractivity contribution in [3.8, 4) is 0 Å². The first-order valence-electron chi connectivity index (χ1n) is 8.20. The predicted octanol–water partition coefficient (Wildman–Crippen LogP) is 2.44. The second-order valence-corrected chi connectivity index (χ2v) is 6.61. The van der Waals surface area contributed by atoms with Gasteiger partial charge in [0.2, 0.25) is 5.95 Å². The number of nitrogens with one attached hydrogen (secondary N) is 1. The molecule has 1 fully saturated rings. The number of hydrogen-bond donors (Lipinski definition) is 1. The number of carbonyl (C=O) groups excluding carboxylic acids is 1. The fourth-order valence-electron chi connectivity index (χ4n) is 2.70. The smallest absolute Gasteiger partial charge is 0.255 e. The number of amides is 1. The van der Waals surface area contributed by atoms with Gasteiger partial charge in [-0.05, 0) is 50.3 Å². The highest BCUT2D eigenvalue weighted by Crippen LogP contribution is 2.40. The van der Waals surface area contributed by atoms with Gasteiger partial charge in [0.05, 0.1) is 23.0 Å². The van der Waals surface area contributed by atoms with Crippen molar-refractivity contribution in [2.45, 2.75) is 32.7 Å². The molecule has 0 unspecified atom stereocenters. The maximum atomic E-state index is 12.7. The average molecular weight is 325 g/mol. The molecule has 0 spiro atoms. The van der Waals surface area contributed by atoms with Crippen LogP contribution in [0.4, 0.5) is 5.95 Å². The van der Waals surface area contributed by atoms with Gasteiger partial charge in [-0.25, -0.2) is 9.97 Å². The van der Waals surface area contributed by atoms with E-state index in [2.05, 4.69) is 20.3 Å². The molecule has 126 valence electrons. The van der Waals surface area contributed by atoms with Gasteiger partial charge < -0.3 is 10.2 Å². The van der Waals surface area contributed by atoms with Crippen LogP contribution >= 0.6 is 0 Å². The number of anilines is 1. The van der Waals surface area contributed by atoms with Crippen LogP contribution in [0.2, 0.25) is 0 Å². The van der Waals surface area contributed by atoms with Gasteiger partial charge in [0.25, 0.3) is 5.91 Å². The topological polar surface area (TPSA) is 71.0 Å². The van der Waals surface area contributed by atoms with Crippen LogP contribution in [0.5, 0.6) is 0 Å². The van der Waals surface area contributed by atoms with Crippen molar-refractivity contribution in [3.05, 3.63) is 47.0 Å². The highest BCUT2D eigenvalue weighted by molar-refractivity contribution is 5.95. The molecule has 1 aliphatic carbocycles. The Morgan fingerprint density at radius 2 is 2.04 bits per heavy atom. The molecule has 1 saturated carbocycles. The highest BCUT2D eigenvalue weighted by atomic mass is 16.1. The number of nitrogens with zero attached hydrogens (tertiary/aromatic N) is 4. The van der Waals surface area contributed by atoms with Crippen LogP contribution in [0.1, 0.15) is 46.2 Å². The summed E-state index contributed by atoms with van der Waals surface area (Å²) in [5.74, 6) is 0.923. The van der Waals surface area contributed by atoms with E-state index in [9.17, 15) is 4.79 Å². The van der Waals surface area contributed by atoms with Gasteiger partial charge in [0.15, 0.2) is 0 Å². The molecule has 1 N–H and O–H groups in total. The molecule has 6 heteroatoms. The van der Waals surface area contributed by atoms with Gasteiger partial charge in [-0.15, -0.1) is 0 Å². The Morgan fingerprint density at radius 3 is 2.62 bits per heavy atom. The Morgan fingerprint density at radius 1 is 1.29 bits per heavy atom. The van der Waals surface area contributed by atoms with E-state index in [1.165, 1.54) is 0 Å². The minimum Gasteiger partial charge on any atom is -0.347 e. The second-order valence-electron chi connectivity index (χ2n) is 6.61. The van der Waals surface area contributed by atoms with E-state index >= 15 is 0 Å². The van der Waals surface area contributed by atoms with E-state index < -0.39 is 0 Å². The maximum absolute atomic E-state index is 12.7. The fraction of sp³-hybridized carbons (Fsp3) is 0.444. The lowest BCUT2D eigenvalue weighted by Gasteiger charge is -2.19. The van der Waals surface area contributed by atoms with Crippen molar-refractivity contribution in [1.29, 1.82) is 0 Å². The molecule has 0 bridgehead atoms. The number of hydrogen-bond acceptors (Lipinski definition) is 5. The number of rotatable bonds is 5. The third-order valence-electron chi connectivity index (χ3n) is 4.25. The Hall–Kier alpha value is -2.50. The van der Waals surface area contributed by atoms with Gasteiger partial charge in [0, 0.05) is 26.5 Å². The van der Waals surface area contributed by atoms with Gasteiger partial charge >= 0.3 is 0 Å². The van der Waals surface area contributed by atoms with Crippen LogP contribution in [0.3, 0.4) is 0 Å². The quantitative estimate of drug-likeness (QED) is 0.914. The predicted molar refractivity (Wildman–Crippen MR) is 93.0 cm³/mol. The van der Waals surface area contributed by atoms with Crippen LogP contribution in [0, 0.1) is 19.8 Å². The van der Waals surface area contributed by atoms with E-state index in [-0.39, 0.29) is 11.9 Å². The van der Waals surface area contributed by atoms with Crippen molar-refractivity contribution in [1.82, 2.24) is 20.3 Å². The molecule has 2 heterocycles. The molecule has 0 radical (unpaired) electrons. The van der Waals surface area contributed by atoms with Crippen LogP contribution < -0.4 is 10.2 Å². The number of carbonyl (C=O) groups is 1. The molecule has 3 rings (SSSR count). The first-order valence-corrected chi connectivity index (χ1v) is 8.20. The third kappa shape index (κ3) is 3.53. The van der Waals surface area contributed by atoms with E-state index in [0.29, 0.717) is 23.1 Å². The standard InChI is InChI=1S/C18H23N5O/c1-11-7-8-19-15(9-11)16(13-5-6-13)22-17(24)14-10-20-18(23(3)4)21-12(14)2/h7-10,13,16H,5-6H2,1-4H3,(H,22,24)/t16-/m0/s1. The maximum Gasteiger partial charge on any atom is 0.255 e. The van der Waals surface area contributed by atoms with Crippen molar-refractivity contribution in [3.63, 3.8) is 0 Å². The van der Waals surface area contributed by atoms with Crippen LogP contribution in [-0.4, -0.2) is 35.0 Å². The lowest BCUT2D eigenvalue weighted by Crippen LogP contribution is -2.31. The normalized spacial score (nSPS) is 15.0. The zero-order chi connectivity index (χ0) is 17.3. The van der Waals surface area contributed by atoms with Crippen molar-refractivity contribution < 1.29 is 4.79 Å². The summed E-state index contributed by atoms with van der Waals surface area (Å²) < 4.78 is 0. The zero-order valence-corrected chi connectivity index (χ0v) is 14.6. The zero-order valence-electron chi connectivity index (χ0n) is 14.6. The molecule has 6 nitrogen and oxygen atoms in total. The number of aromatic nitrogens is 3. The summed E-state index contributed by atoms with van der Waals surface area (Å²) in [6.45, 7) is 3.87. The molecule has 0 aromatic carbocycles. The molecular formula is C18H23N5O. The Kier molecular flexibility index (Phi) is 4.46. The fourth-order valence-corrected chi connectivity index (χ4v) is 2.70. The number of aryl methyl sites for hydroxylation is 2. The SMILES string of the molecule is Cc1ccnc([C@@H](NC(=O)c2cnc(N(C)C)nc2C)C2CC2)c1. The van der Waals surface area contributed by atoms with Gasteiger partial charge in [-0.2, -0.15) is 0 Å². The van der Waals surface area contributed by atoms with Crippen LogP contribution in [-0.2, 0) is 0 Å². The summed E-state index contributed by atoms with van der Waals surface area (Å²) in [5.41, 5.74) is 3.26. The molecular weight excluding hydrogens is 302 g/mol. The van der Waals surface area contributed by atoms with Gasteiger partial charge in [-0.3, -0.25) is 9.78 Å². The van der Waals surface area contributed by atoms with Crippen molar-refractivity contribution >= 4 is 11.9 Å². The highest BCUT2D eigenvalue weighted by Gasteiger charge is 2.34. The lowest BCUT2D eigenvalue weighted by molar-refractivity contribution is 0.0929. The third-order valence-corrected chi connectivity index (χ3v) is 4.25. The molecule has 2 aromatic heterocycles. The first-order chi connectivity index (χ1) is 11.5. The molecule has 1 aliphatic rings. The molecule has 1 amide bonds. The summed E-state index contributed by atoms with van der Waals surface area (Å²) in [5, 5.41) is 3.13. The summed E-state index contributed by atoms with van der Waals surface area (Å²) in [6.07, 6.45) is 5.64. The lowest BCUT2D eigenvalue weighted by atomic mass is 10.1. The Balaban J connectivity index is 1.82. The van der Waals surface area contributed by atoms with E-state index in [1.54, 1.807) is 12.4 Å². The van der Waals surface area contributed by atoms with Crippen molar-refractivity contribution in [2.24, 2.45) is 5.92 Å². The molecule has 24 heavy (non-hydrogen) atoms. The first kappa shape index (κ1) is 16.4. The minimum atomic E-state index is -0.141. The van der Waals surface area contributed by atoms with Gasteiger partial charge in [0.1, 0.15) is 0 Å². The van der Waals surface area contributed by atoms with E-state index in [1.807, 2.05) is 45.0 Å². The molecule has 0 saturated heterocycles. The van der Waals surface area contributed by atoms with Crippen molar-refractivity contribution in [2.75, 3.05) is 19.0 Å². The Labute approximate surface area is 142 Å². The summed E-state index contributed by atoms with van der Waals surface area (Å²) >= 11 is 0. The number of pyridine rings is 1. The largest absolute Gasteiger partial charge is 0.347 e. The average Bonchev–Trinajstić information content (AvgIpc) is 3.36. The summed E-state index contributed by atoms with van der Waals surface area (Å²) in [6, 6.07) is 3.96. The molecule has 0 aliphatic heterocycles.